The Kier molecular flexibility index (Phi) is 8.27. The second-order valence-electron chi connectivity index (χ2n) is 7.81. The number of nitrogen functional groups attached to an aromatic ring is 2. The number of methoxy groups -OCH3 is 1. The van der Waals surface area contributed by atoms with Crippen LogP contribution >= 0.6 is 0 Å². The standard InChI is InChI=1S/C24H23N5O9/c1-14(30)11-23(31)27(19-5-3-4-6-22(19)36-2)24(37-15-7-9-17(25)20(12-15)28(32)33)38-16-8-10-18(26)21(13-16)29(34)35/h3-10,12-13,24H,11,25-26H2,1-2H3. The number of rotatable bonds is 11. The molecule has 4 N–H and O–H groups in total. The number of carbonyl (C=O) groups excluding carboxylic acids is 2. The van der Waals surface area contributed by atoms with Crippen molar-refractivity contribution in [2.75, 3.05) is 23.5 Å². The van der Waals surface area contributed by atoms with Crippen molar-refractivity contribution >= 4 is 40.1 Å². The van der Waals surface area contributed by atoms with Crippen LogP contribution in [0.4, 0.5) is 28.4 Å². The predicted octanol–water partition coefficient (Wildman–Crippen LogP) is 3.43. The summed E-state index contributed by atoms with van der Waals surface area (Å²) in [5.74, 6) is -1.30. The zero-order valence-electron chi connectivity index (χ0n) is 20.2. The molecule has 0 aliphatic heterocycles. The summed E-state index contributed by atoms with van der Waals surface area (Å²) in [5.41, 5.74) is 10.3. The molecule has 0 bridgehead atoms. The molecule has 0 unspecified atom stereocenters. The van der Waals surface area contributed by atoms with Crippen molar-refractivity contribution in [2.45, 2.75) is 19.8 Å². The van der Waals surface area contributed by atoms with E-state index in [0.717, 1.165) is 17.0 Å². The molecule has 3 aromatic carbocycles. The minimum atomic E-state index is -1.73. The molecule has 0 aliphatic rings. The number of nitro benzene ring substituents is 2. The summed E-state index contributed by atoms with van der Waals surface area (Å²) < 4.78 is 17.1. The van der Waals surface area contributed by atoms with Crippen LogP contribution in [0.2, 0.25) is 0 Å². The number of amides is 1. The van der Waals surface area contributed by atoms with Crippen LogP contribution in [0.25, 0.3) is 0 Å². The Morgan fingerprint density at radius 2 is 1.39 bits per heavy atom. The highest BCUT2D eigenvalue weighted by atomic mass is 16.7. The van der Waals surface area contributed by atoms with Gasteiger partial charge in [0.25, 0.3) is 11.4 Å². The average molecular weight is 525 g/mol. The van der Waals surface area contributed by atoms with Crippen LogP contribution in [0.15, 0.2) is 60.7 Å². The number of nitrogens with two attached hydrogens (primary N) is 2. The van der Waals surface area contributed by atoms with Crippen LogP contribution in [-0.2, 0) is 9.59 Å². The Hall–Kier alpha value is -5.40. The molecule has 3 rings (SSSR count). The predicted molar refractivity (Wildman–Crippen MR) is 136 cm³/mol. The Morgan fingerprint density at radius 1 is 0.895 bits per heavy atom. The van der Waals surface area contributed by atoms with Gasteiger partial charge in [-0.2, -0.15) is 0 Å². The molecular weight excluding hydrogens is 502 g/mol. The van der Waals surface area contributed by atoms with E-state index in [-0.39, 0.29) is 34.3 Å². The van der Waals surface area contributed by atoms with E-state index in [2.05, 4.69) is 0 Å². The van der Waals surface area contributed by atoms with Gasteiger partial charge < -0.3 is 25.7 Å². The molecule has 0 saturated heterocycles. The lowest BCUT2D eigenvalue weighted by Crippen LogP contribution is -2.48. The lowest BCUT2D eigenvalue weighted by molar-refractivity contribution is -0.384. The maximum atomic E-state index is 13.3. The molecule has 0 heterocycles. The van der Waals surface area contributed by atoms with E-state index in [0.29, 0.717) is 0 Å². The molecule has 0 atom stereocenters. The Bertz CT molecular complexity index is 1330. The van der Waals surface area contributed by atoms with E-state index in [1.165, 1.54) is 44.4 Å². The van der Waals surface area contributed by atoms with Gasteiger partial charge in [-0.15, -0.1) is 0 Å². The fourth-order valence-electron chi connectivity index (χ4n) is 3.36. The number of para-hydroxylation sites is 2. The van der Waals surface area contributed by atoms with Crippen molar-refractivity contribution in [1.29, 1.82) is 0 Å². The third kappa shape index (κ3) is 6.23. The van der Waals surface area contributed by atoms with Gasteiger partial charge in [0.05, 0.1) is 41.2 Å². The Balaban J connectivity index is 2.18. The van der Waals surface area contributed by atoms with Gasteiger partial charge in [0, 0.05) is 0 Å². The second-order valence-corrected chi connectivity index (χ2v) is 7.81. The first-order valence-electron chi connectivity index (χ1n) is 10.9. The van der Waals surface area contributed by atoms with Crippen LogP contribution < -0.4 is 30.6 Å². The minimum absolute atomic E-state index is 0.126. The zero-order chi connectivity index (χ0) is 28.0. The van der Waals surface area contributed by atoms with Crippen LogP contribution in [0.3, 0.4) is 0 Å². The van der Waals surface area contributed by atoms with Crippen molar-refractivity contribution in [3.05, 3.63) is 80.9 Å². The molecule has 1 amide bonds. The molecular formula is C24H23N5O9. The third-order valence-electron chi connectivity index (χ3n) is 5.10. The van der Waals surface area contributed by atoms with Crippen molar-refractivity contribution in [3.63, 3.8) is 0 Å². The van der Waals surface area contributed by atoms with Gasteiger partial charge in [0.2, 0.25) is 5.91 Å². The number of benzene rings is 3. The van der Waals surface area contributed by atoms with Crippen molar-refractivity contribution in [3.8, 4) is 17.2 Å². The van der Waals surface area contributed by atoms with Gasteiger partial charge in [-0.05, 0) is 43.3 Å². The quantitative estimate of drug-likeness (QED) is 0.122. The molecule has 38 heavy (non-hydrogen) atoms. The monoisotopic (exact) mass is 525 g/mol. The molecule has 0 saturated carbocycles. The summed E-state index contributed by atoms with van der Waals surface area (Å²) in [4.78, 5) is 47.5. The van der Waals surface area contributed by atoms with Gasteiger partial charge in [-0.25, -0.2) is 4.90 Å². The van der Waals surface area contributed by atoms with E-state index >= 15 is 0 Å². The fourth-order valence-corrected chi connectivity index (χ4v) is 3.36. The van der Waals surface area contributed by atoms with Gasteiger partial charge in [0.15, 0.2) is 0 Å². The Labute approximate surface area is 215 Å². The summed E-state index contributed by atoms with van der Waals surface area (Å²) in [5, 5.41) is 22.8. The lowest BCUT2D eigenvalue weighted by Gasteiger charge is -2.32. The first kappa shape index (κ1) is 27.2. The molecule has 198 valence electrons. The fraction of sp³-hybridized carbons (Fsp3) is 0.167. The molecule has 14 heteroatoms. The van der Waals surface area contributed by atoms with Gasteiger partial charge in [0.1, 0.15) is 34.4 Å². The van der Waals surface area contributed by atoms with E-state index in [4.69, 9.17) is 25.7 Å². The first-order chi connectivity index (χ1) is 18.0. The van der Waals surface area contributed by atoms with Gasteiger partial charge in [-0.1, -0.05) is 12.1 Å². The van der Waals surface area contributed by atoms with Crippen LogP contribution in [0.5, 0.6) is 17.2 Å². The highest BCUT2D eigenvalue weighted by Crippen LogP contribution is 2.34. The smallest absolute Gasteiger partial charge is 0.334 e. The number of nitrogens with zero attached hydrogens (tertiary/aromatic N) is 3. The molecule has 0 spiro atoms. The Morgan fingerprint density at radius 3 is 1.84 bits per heavy atom. The topological polar surface area (TPSA) is 203 Å². The van der Waals surface area contributed by atoms with Crippen LogP contribution in [-0.4, -0.2) is 35.1 Å². The van der Waals surface area contributed by atoms with Crippen molar-refractivity contribution < 1.29 is 33.6 Å². The zero-order valence-corrected chi connectivity index (χ0v) is 20.2. The number of hydrogen-bond acceptors (Lipinski definition) is 11. The maximum Gasteiger partial charge on any atom is 0.334 e. The van der Waals surface area contributed by atoms with E-state index in [1.54, 1.807) is 18.2 Å². The molecule has 14 nitrogen and oxygen atoms in total. The summed E-state index contributed by atoms with van der Waals surface area (Å²) in [6.45, 7) is 1.21. The highest BCUT2D eigenvalue weighted by molar-refractivity contribution is 6.05. The largest absolute Gasteiger partial charge is 0.495 e. The summed E-state index contributed by atoms with van der Waals surface area (Å²) in [7, 11) is 1.36. The minimum Gasteiger partial charge on any atom is -0.495 e. The maximum absolute atomic E-state index is 13.3. The number of Topliss-reactive ketones (excluding diaryl/α,β-unsaturated/α-hetero) is 1. The summed E-state index contributed by atoms with van der Waals surface area (Å²) in [6, 6.07) is 13.4. The van der Waals surface area contributed by atoms with E-state index in [9.17, 15) is 29.8 Å². The number of ketones is 1. The van der Waals surface area contributed by atoms with Gasteiger partial charge in [-0.3, -0.25) is 29.8 Å². The molecule has 0 radical (unpaired) electrons. The number of anilines is 3. The summed E-state index contributed by atoms with van der Waals surface area (Å²) in [6.07, 6.45) is -2.30. The number of carbonyl (C=O) groups is 2. The van der Waals surface area contributed by atoms with E-state index in [1.807, 2.05) is 0 Å². The molecule has 3 aromatic rings. The summed E-state index contributed by atoms with van der Waals surface area (Å²) >= 11 is 0. The average Bonchev–Trinajstić information content (AvgIpc) is 2.86. The lowest BCUT2D eigenvalue weighted by atomic mass is 10.2. The highest BCUT2D eigenvalue weighted by Gasteiger charge is 2.33. The van der Waals surface area contributed by atoms with Crippen molar-refractivity contribution in [2.24, 2.45) is 0 Å². The molecule has 0 fully saturated rings. The molecule has 0 aromatic heterocycles. The first-order valence-corrected chi connectivity index (χ1v) is 10.9. The van der Waals surface area contributed by atoms with Crippen LogP contribution in [0.1, 0.15) is 13.3 Å². The normalized spacial score (nSPS) is 10.5. The number of hydrogen-bond donors (Lipinski definition) is 2. The second kappa shape index (κ2) is 11.6. The van der Waals surface area contributed by atoms with Crippen molar-refractivity contribution in [1.82, 2.24) is 0 Å². The number of ether oxygens (including phenoxy) is 3. The SMILES string of the molecule is COc1ccccc1N(C(=O)CC(C)=O)C(Oc1ccc(N)c([N+](=O)[O-])c1)Oc1ccc(N)c([N+](=O)[O-])c1. The molecule has 0 aliphatic carbocycles. The third-order valence-corrected chi connectivity index (χ3v) is 5.10. The number of nitro groups is 2. The van der Waals surface area contributed by atoms with Gasteiger partial charge >= 0.3 is 6.41 Å². The van der Waals surface area contributed by atoms with Crippen LogP contribution in [0, 0.1) is 20.2 Å². The van der Waals surface area contributed by atoms with E-state index < -0.39 is 45.7 Å².